The minimum atomic E-state index is 0.430. The van der Waals surface area contributed by atoms with Crippen LogP contribution in [0.3, 0.4) is 0 Å². The van der Waals surface area contributed by atoms with Crippen LogP contribution in [0.15, 0.2) is 48.5 Å². The summed E-state index contributed by atoms with van der Waals surface area (Å²) in [5.74, 6) is 1.40. The van der Waals surface area contributed by atoms with Crippen molar-refractivity contribution in [2.75, 3.05) is 92.5 Å². The largest absolute Gasteiger partial charge is 0.491 e. The molecule has 2 rings (SSSR count). The first-order chi connectivity index (χ1) is 18.8. The van der Waals surface area contributed by atoms with Gasteiger partial charge in [-0.15, -0.1) is 0 Å². The van der Waals surface area contributed by atoms with Crippen LogP contribution in [0, 0.1) is 0 Å². The van der Waals surface area contributed by atoms with Crippen LogP contribution in [0.5, 0.6) is 11.5 Å². The molecule has 2 aromatic carbocycles. The molecule has 10 heteroatoms. The van der Waals surface area contributed by atoms with Gasteiger partial charge in [-0.05, 0) is 48.5 Å². The lowest BCUT2D eigenvalue weighted by Gasteiger charge is -2.09. The van der Waals surface area contributed by atoms with Crippen molar-refractivity contribution in [1.82, 2.24) is 0 Å². The second kappa shape index (κ2) is 22.2. The Kier molecular flexibility index (Phi) is 18.3. The Labute approximate surface area is 224 Å². The lowest BCUT2D eigenvalue weighted by atomic mass is 10.2. The molecule has 38 heavy (non-hydrogen) atoms. The highest BCUT2D eigenvalue weighted by Crippen LogP contribution is 2.11. The molecule has 0 N–H and O–H groups in total. The summed E-state index contributed by atoms with van der Waals surface area (Å²) in [5, 5.41) is 0. The van der Waals surface area contributed by atoms with Crippen LogP contribution >= 0.6 is 0 Å². The lowest BCUT2D eigenvalue weighted by molar-refractivity contribution is -0.0187. The minimum Gasteiger partial charge on any atom is -0.491 e. The minimum absolute atomic E-state index is 0.430. The molecule has 0 bridgehead atoms. The molecular formula is C28H38O10. The molecule has 0 aliphatic carbocycles. The van der Waals surface area contributed by atoms with Gasteiger partial charge in [-0.2, -0.15) is 0 Å². The summed E-state index contributed by atoms with van der Waals surface area (Å²) < 4.78 is 43.7. The normalized spacial score (nSPS) is 10.8. The Bertz CT molecular complexity index is 770. The summed E-state index contributed by atoms with van der Waals surface area (Å²) in [6.07, 6.45) is 1.59. The summed E-state index contributed by atoms with van der Waals surface area (Å²) in [6, 6.07) is 13.8. The van der Waals surface area contributed by atoms with E-state index in [2.05, 4.69) is 0 Å². The first-order valence-electron chi connectivity index (χ1n) is 12.6. The second-order valence-electron chi connectivity index (χ2n) is 7.74. The smallest absolute Gasteiger partial charge is 0.150 e. The summed E-state index contributed by atoms with van der Waals surface area (Å²) in [6.45, 7) is 6.65. The Balaban J connectivity index is 1.22. The molecule has 0 aliphatic rings. The molecule has 0 unspecified atom stereocenters. The summed E-state index contributed by atoms with van der Waals surface area (Å²) in [7, 11) is 0. The van der Waals surface area contributed by atoms with Gasteiger partial charge >= 0.3 is 0 Å². The van der Waals surface area contributed by atoms with Crippen LogP contribution in [0.4, 0.5) is 0 Å². The number of carbonyl (C=O) groups is 2. The van der Waals surface area contributed by atoms with Gasteiger partial charge in [-0.1, -0.05) is 0 Å². The Morgan fingerprint density at radius 3 is 0.842 bits per heavy atom. The van der Waals surface area contributed by atoms with Crippen LogP contribution in [0.2, 0.25) is 0 Å². The Morgan fingerprint density at radius 2 is 0.605 bits per heavy atom. The maximum Gasteiger partial charge on any atom is 0.150 e. The van der Waals surface area contributed by atoms with Gasteiger partial charge in [0.1, 0.15) is 37.3 Å². The van der Waals surface area contributed by atoms with E-state index in [1.807, 2.05) is 0 Å². The van der Waals surface area contributed by atoms with Crippen LogP contribution in [0.1, 0.15) is 20.7 Å². The number of aldehydes is 2. The van der Waals surface area contributed by atoms with E-state index in [1.165, 1.54) is 0 Å². The Hall–Kier alpha value is -2.86. The number of hydrogen-bond donors (Lipinski definition) is 0. The molecule has 210 valence electrons. The SMILES string of the molecule is O=Cc1ccc(OCCOCCOCCOCCOCCOCCOCCOc2ccc(C=O)cc2)cc1. The topological polar surface area (TPSA) is 108 Å². The first-order valence-corrected chi connectivity index (χ1v) is 12.6. The fourth-order valence-electron chi connectivity index (χ4n) is 2.92. The highest BCUT2D eigenvalue weighted by Gasteiger charge is 1.98. The summed E-state index contributed by atoms with van der Waals surface area (Å²) >= 11 is 0. The third-order valence-electron chi connectivity index (χ3n) is 4.89. The molecule has 0 aliphatic heterocycles. The van der Waals surface area contributed by atoms with Gasteiger partial charge < -0.3 is 37.9 Å². The van der Waals surface area contributed by atoms with Gasteiger partial charge in [0.2, 0.25) is 0 Å². The van der Waals surface area contributed by atoms with Gasteiger partial charge in [0.05, 0.1) is 79.3 Å². The fraction of sp³-hybridized carbons (Fsp3) is 0.500. The van der Waals surface area contributed by atoms with Crippen molar-refractivity contribution in [2.45, 2.75) is 0 Å². The maximum atomic E-state index is 10.6. The third kappa shape index (κ3) is 16.1. The zero-order valence-electron chi connectivity index (χ0n) is 21.8. The van der Waals surface area contributed by atoms with Crippen LogP contribution in [-0.2, 0) is 28.4 Å². The van der Waals surface area contributed by atoms with E-state index < -0.39 is 0 Å². The van der Waals surface area contributed by atoms with Crippen LogP contribution < -0.4 is 9.47 Å². The van der Waals surface area contributed by atoms with Crippen molar-refractivity contribution in [3.63, 3.8) is 0 Å². The van der Waals surface area contributed by atoms with E-state index >= 15 is 0 Å². The van der Waals surface area contributed by atoms with Crippen LogP contribution in [-0.4, -0.2) is 105 Å². The molecule has 0 fully saturated rings. The number of benzene rings is 2. The monoisotopic (exact) mass is 534 g/mol. The van der Waals surface area contributed by atoms with Crippen LogP contribution in [0.25, 0.3) is 0 Å². The van der Waals surface area contributed by atoms with E-state index in [0.717, 1.165) is 12.6 Å². The van der Waals surface area contributed by atoms with Crippen molar-refractivity contribution in [1.29, 1.82) is 0 Å². The molecule has 0 amide bonds. The Morgan fingerprint density at radius 1 is 0.368 bits per heavy atom. The number of rotatable bonds is 25. The zero-order chi connectivity index (χ0) is 26.9. The maximum absolute atomic E-state index is 10.6. The lowest BCUT2D eigenvalue weighted by Crippen LogP contribution is -2.15. The van der Waals surface area contributed by atoms with Gasteiger partial charge in [-0.25, -0.2) is 0 Å². The molecular weight excluding hydrogens is 496 g/mol. The molecule has 2 aromatic rings. The van der Waals surface area contributed by atoms with Crippen molar-refractivity contribution >= 4 is 12.6 Å². The first kappa shape index (κ1) is 31.4. The molecule has 0 aromatic heterocycles. The van der Waals surface area contributed by atoms with E-state index in [9.17, 15) is 9.59 Å². The molecule has 0 saturated heterocycles. The number of ether oxygens (including phenoxy) is 8. The highest BCUT2D eigenvalue weighted by molar-refractivity contribution is 5.75. The van der Waals surface area contributed by atoms with Crippen molar-refractivity contribution in [3.05, 3.63) is 59.7 Å². The van der Waals surface area contributed by atoms with E-state index in [-0.39, 0.29) is 0 Å². The number of hydrogen-bond acceptors (Lipinski definition) is 10. The van der Waals surface area contributed by atoms with E-state index in [0.29, 0.717) is 115 Å². The van der Waals surface area contributed by atoms with Gasteiger partial charge in [-0.3, -0.25) is 9.59 Å². The van der Waals surface area contributed by atoms with E-state index in [4.69, 9.17) is 37.9 Å². The van der Waals surface area contributed by atoms with Crippen molar-refractivity contribution in [2.24, 2.45) is 0 Å². The quantitative estimate of drug-likeness (QED) is 0.139. The average molecular weight is 535 g/mol. The predicted octanol–water partition coefficient (Wildman–Crippen LogP) is 2.87. The van der Waals surface area contributed by atoms with E-state index in [1.54, 1.807) is 48.5 Å². The zero-order valence-corrected chi connectivity index (χ0v) is 21.8. The summed E-state index contributed by atoms with van der Waals surface area (Å²) in [4.78, 5) is 21.2. The molecule has 0 spiro atoms. The second-order valence-corrected chi connectivity index (χ2v) is 7.74. The van der Waals surface area contributed by atoms with Gasteiger partial charge in [0, 0.05) is 11.1 Å². The third-order valence-corrected chi connectivity index (χ3v) is 4.89. The van der Waals surface area contributed by atoms with Gasteiger partial charge in [0.25, 0.3) is 0 Å². The molecule has 10 nitrogen and oxygen atoms in total. The molecule has 0 radical (unpaired) electrons. The van der Waals surface area contributed by atoms with Gasteiger partial charge in [0.15, 0.2) is 0 Å². The number of carbonyl (C=O) groups excluding carboxylic acids is 2. The standard InChI is InChI=1S/C28H38O10/c29-23-25-1-5-27(6-2-25)37-21-19-35-17-15-33-13-11-31-9-10-32-12-14-34-16-18-36-20-22-38-28-7-3-26(24-30)4-8-28/h1-8,23-24H,9-22H2. The molecule has 0 atom stereocenters. The average Bonchev–Trinajstić information content (AvgIpc) is 2.96. The predicted molar refractivity (Wildman–Crippen MR) is 140 cm³/mol. The molecule has 0 heterocycles. The molecule has 0 saturated carbocycles. The van der Waals surface area contributed by atoms with Crippen molar-refractivity contribution in [3.8, 4) is 11.5 Å². The fourth-order valence-corrected chi connectivity index (χ4v) is 2.92. The van der Waals surface area contributed by atoms with Crippen molar-refractivity contribution < 1.29 is 47.5 Å². The highest BCUT2D eigenvalue weighted by atomic mass is 16.6. The summed E-state index contributed by atoms with van der Waals surface area (Å²) in [5.41, 5.74) is 1.23.